The SMILES string of the molecule is Cc1nc2c(cc1C(=O)N(C)[C@@H]1CCS(=O)(=O)C1)c(C)nn2C. The molecule has 0 bridgehead atoms. The molecule has 0 saturated carbocycles. The van der Waals surface area contributed by atoms with Gasteiger partial charge in [-0.25, -0.2) is 13.4 Å². The lowest BCUT2D eigenvalue weighted by molar-refractivity contribution is 0.0746. The van der Waals surface area contributed by atoms with Gasteiger partial charge in [-0.2, -0.15) is 5.10 Å². The number of sulfone groups is 1. The number of carbonyl (C=O) groups excluding carboxylic acids is 1. The van der Waals surface area contributed by atoms with E-state index in [-0.39, 0.29) is 23.5 Å². The summed E-state index contributed by atoms with van der Waals surface area (Å²) in [5.41, 5.74) is 2.68. The van der Waals surface area contributed by atoms with Crippen LogP contribution in [0, 0.1) is 13.8 Å². The molecule has 0 radical (unpaired) electrons. The van der Waals surface area contributed by atoms with Gasteiger partial charge in [-0.3, -0.25) is 9.48 Å². The molecule has 0 aromatic carbocycles. The topological polar surface area (TPSA) is 85.2 Å². The Balaban J connectivity index is 1.97. The van der Waals surface area contributed by atoms with Crippen molar-refractivity contribution < 1.29 is 13.2 Å². The average molecular weight is 336 g/mol. The summed E-state index contributed by atoms with van der Waals surface area (Å²) < 4.78 is 25.0. The molecule has 0 unspecified atom stereocenters. The second-order valence-corrected chi connectivity index (χ2v) is 8.40. The van der Waals surface area contributed by atoms with Gasteiger partial charge >= 0.3 is 0 Å². The molecule has 1 atom stereocenters. The molecule has 3 rings (SSSR count). The van der Waals surface area contributed by atoms with E-state index in [0.29, 0.717) is 17.7 Å². The lowest BCUT2D eigenvalue weighted by Gasteiger charge is -2.24. The Labute approximate surface area is 135 Å². The van der Waals surface area contributed by atoms with Crippen LogP contribution in [0.15, 0.2) is 6.07 Å². The lowest BCUT2D eigenvalue weighted by Crippen LogP contribution is -2.38. The zero-order valence-corrected chi connectivity index (χ0v) is 14.5. The molecular formula is C15H20N4O3S. The standard InChI is InChI=1S/C15H20N4O3S/c1-9-13(7-12-10(2)17-19(4)14(12)16-9)15(20)18(3)11-5-6-23(21,22)8-11/h7,11H,5-6,8H2,1-4H3/t11-/m1/s1. The van der Waals surface area contributed by atoms with Crippen molar-refractivity contribution in [2.45, 2.75) is 26.3 Å². The van der Waals surface area contributed by atoms with Gasteiger partial charge in [0.15, 0.2) is 15.5 Å². The Morgan fingerprint density at radius 2 is 2.04 bits per heavy atom. The number of aromatic nitrogens is 3. The van der Waals surface area contributed by atoms with Crippen LogP contribution in [-0.4, -0.2) is 58.6 Å². The maximum absolute atomic E-state index is 12.8. The van der Waals surface area contributed by atoms with Crippen molar-refractivity contribution in [3.63, 3.8) is 0 Å². The van der Waals surface area contributed by atoms with Gasteiger partial charge in [0.05, 0.1) is 28.5 Å². The average Bonchev–Trinajstić information content (AvgIpc) is 2.97. The zero-order chi connectivity index (χ0) is 16.9. The van der Waals surface area contributed by atoms with Crippen LogP contribution in [0.2, 0.25) is 0 Å². The maximum atomic E-state index is 12.8. The minimum Gasteiger partial charge on any atom is -0.338 e. The third-order valence-electron chi connectivity index (χ3n) is 4.50. The normalized spacial score (nSPS) is 20.1. The van der Waals surface area contributed by atoms with E-state index < -0.39 is 9.84 Å². The van der Waals surface area contributed by atoms with E-state index >= 15 is 0 Å². The summed E-state index contributed by atoms with van der Waals surface area (Å²) in [6, 6.07) is 1.54. The van der Waals surface area contributed by atoms with E-state index in [9.17, 15) is 13.2 Å². The number of amides is 1. The molecule has 0 aliphatic carbocycles. The highest BCUT2D eigenvalue weighted by Gasteiger charge is 2.33. The maximum Gasteiger partial charge on any atom is 0.255 e. The molecule has 2 aromatic rings. The fourth-order valence-corrected chi connectivity index (χ4v) is 4.86. The Morgan fingerprint density at radius 1 is 1.35 bits per heavy atom. The first-order valence-electron chi connectivity index (χ1n) is 7.48. The lowest BCUT2D eigenvalue weighted by atomic mass is 10.1. The molecule has 1 saturated heterocycles. The number of pyridine rings is 1. The van der Waals surface area contributed by atoms with Crippen molar-refractivity contribution in [3.8, 4) is 0 Å². The van der Waals surface area contributed by atoms with Crippen molar-refractivity contribution in [2.24, 2.45) is 7.05 Å². The third kappa shape index (κ3) is 2.71. The number of carbonyl (C=O) groups is 1. The molecule has 7 nitrogen and oxygen atoms in total. The number of fused-ring (bicyclic) bond motifs is 1. The predicted octanol–water partition coefficient (Wildman–Crippen LogP) is 0.844. The molecule has 1 aliphatic rings. The van der Waals surface area contributed by atoms with Crippen LogP contribution in [0.5, 0.6) is 0 Å². The van der Waals surface area contributed by atoms with Gasteiger partial charge in [0, 0.05) is 25.5 Å². The molecule has 1 amide bonds. The highest BCUT2D eigenvalue weighted by Crippen LogP contribution is 2.23. The van der Waals surface area contributed by atoms with Gasteiger partial charge in [-0.1, -0.05) is 0 Å². The van der Waals surface area contributed by atoms with E-state index in [2.05, 4.69) is 10.1 Å². The van der Waals surface area contributed by atoms with Gasteiger partial charge in [0.2, 0.25) is 0 Å². The van der Waals surface area contributed by atoms with Gasteiger partial charge in [0.1, 0.15) is 0 Å². The van der Waals surface area contributed by atoms with Crippen LogP contribution in [0.4, 0.5) is 0 Å². The Kier molecular flexibility index (Phi) is 3.66. The molecule has 8 heteroatoms. The molecule has 2 aromatic heterocycles. The summed E-state index contributed by atoms with van der Waals surface area (Å²) in [5.74, 6) is -0.00868. The zero-order valence-electron chi connectivity index (χ0n) is 13.7. The second-order valence-electron chi connectivity index (χ2n) is 6.17. The minimum atomic E-state index is -3.03. The number of rotatable bonds is 2. The summed E-state index contributed by atoms with van der Waals surface area (Å²) in [5, 5.41) is 5.16. The van der Waals surface area contributed by atoms with E-state index in [1.54, 1.807) is 18.7 Å². The van der Waals surface area contributed by atoms with Gasteiger partial charge in [-0.05, 0) is 26.3 Å². The second kappa shape index (κ2) is 5.30. The van der Waals surface area contributed by atoms with Crippen molar-refractivity contribution in [3.05, 3.63) is 23.0 Å². The van der Waals surface area contributed by atoms with Crippen molar-refractivity contribution in [1.82, 2.24) is 19.7 Å². The fraction of sp³-hybridized carbons (Fsp3) is 0.533. The summed E-state index contributed by atoms with van der Waals surface area (Å²) in [4.78, 5) is 18.8. The van der Waals surface area contributed by atoms with Crippen LogP contribution in [0.25, 0.3) is 11.0 Å². The minimum absolute atomic E-state index is 0.0376. The number of aryl methyl sites for hydroxylation is 3. The molecule has 0 spiro atoms. The largest absolute Gasteiger partial charge is 0.338 e. The Morgan fingerprint density at radius 3 is 2.65 bits per heavy atom. The Bertz CT molecular complexity index is 901. The van der Waals surface area contributed by atoms with E-state index in [0.717, 1.165) is 16.7 Å². The first-order chi connectivity index (χ1) is 10.7. The number of hydrogen-bond donors (Lipinski definition) is 0. The fourth-order valence-electron chi connectivity index (χ4n) is 3.08. The molecule has 1 aliphatic heterocycles. The smallest absolute Gasteiger partial charge is 0.255 e. The number of hydrogen-bond acceptors (Lipinski definition) is 5. The first-order valence-corrected chi connectivity index (χ1v) is 9.30. The van der Waals surface area contributed by atoms with E-state index in [4.69, 9.17) is 0 Å². The summed E-state index contributed by atoms with van der Waals surface area (Å²) in [6.45, 7) is 3.66. The van der Waals surface area contributed by atoms with E-state index in [1.165, 1.54) is 4.90 Å². The number of nitrogens with zero attached hydrogens (tertiary/aromatic N) is 4. The van der Waals surface area contributed by atoms with Gasteiger partial charge in [-0.15, -0.1) is 0 Å². The molecular weight excluding hydrogens is 316 g/mol. The van der Waals surface area contributed by atoms with Crippen molar-refractivity contribution >= 4 is 26.8 Å². The monoisotopic (exact) mass is 336 g/mol. The van der Waals surface area contributed by atoms with Crippen LogP contribution in [0.3, 0.4) is 0 Å². The van der Waals surface area contributed by atoms with Crippen molar-refractivity contribution in [1.29, 1.82) is 0 Å². The predicted molar refractivity (Wildman–Crippen MR) is 87.1 cm³/mol. The quantitative estimate of drug-likeness (QED) is 0.811. The van der Waals surface area contributed by atoms with Gasteiger partial charge in [0.25, 0.3) is 5.91 Å². The Hall–Kier alpha value is -1.96. The highest BCUT2D eigenvalue weighted by molar-refractivity contribution is 7.91. The van der Waals surface area contributed by atoms with Crippen LogP contribution in [0.1, 0.15) is 28.2 Å². The van der Waals surface area contributed by atoms with E-state index in [1.807, 2.05) is 20.0 Å². The third-order valence-corrected chi connectivity index (χ3v) is 6.25. The molecule has 1 fully saturated rings. The van der Waals surface area contributed by atoms with Crippen molar-refractivity contribution in [2.75, 3.05) is 18.6 Å². The van der Waals surface area contributed by atoms with Crippen LogP contribution >= 0.6 is 0 Å². The van der Waals surface area contributed by atoms with Crippen LogP contribution in [-0.2, 0) is 16.9 Å². The molecule has 124 valence electrons. The summed E-state index contributed by atoms with van der Waals surface area (Å²) in [7, 11) is 0.451. The molecule has 23 heavy (non-hydrogen) atoms. The summed E-state index contributed by atoms with van der Waals surface area (Å²) in [6.07, 6.45) is 0.491. The summed E-state index contributed by atoms with van der Waals surface area (Å²) >= 11 is 0. The molecule has 0 N–H and O–H groups in total. The van der Waals surface area contributed by atoms with Gasteiger partial charge < -0.3 is 4.90 Å². The first kappa shape index (κ1) is 15.9. The molecule has 3 heterocycles. The highest BCUT2D eigenvalue weighted by atomic mass is 32.2. The van der Waals surface area contributed by atoms with Crippen LogP contribution < -0.4 is 0 Å².